The Morgan fingerprint density at radius 2 is 1.76 bits per heavy atom. The number of para-hydroxylation sites is 1. The first-order valence-corrected chi connectivity index (χ1v) is 12.9. The molecule has 0 bridgehead atoms. The number of benzene rings is 2. The van der Waals surface area contributed by atoms with Crippen LogP contribution in [0.5, 0.6) is 11.5 Å². The molecule has 37 heavy (non-hydrogen) atoms. The van der Waals surface area contributed by atoms with Crippen LogP contribution < -0.4 is 9.47 Å². The number of Topliss-reactive ketones (excluding diaryl/α,β-unsaturated/α-hetero) is 1. The van der Waals surface area contributed by atoms with Gasteiger partial charge in [0.2, 0.25) is 0 Å². The van der Waals surface area contributed by atoms with Gasteiger partial charge in [-0.05, 0) is 42.7 Å². The van der Waals surface area contributed by atoms with Crippen molar-refractivity contribution in [2.45, 2.75) is 26.3 Å². The highest BCUT2D eigenvalue weighted by atomic mass is 16.5. The lowest BCUT2D eigenvalue weighted by Gasteiger charge is -2.29. The highest BCUT2D eigenvalue weighted by Gasteiger charge is 2.46. The summed E-state index contributed by atoms with van der Waals surface area (Å²) in [6.07, 6.45) is 0.695. The molecule has 0 aliphatic carbocycles. The molecule has 0 aromatic heterocycles. The van der Waals surface area contributed by atoms with E-state index in [1.54, 1.807) is 42.3 Å². The number of rotatable bonds is 10. The van der Waals surface area contributed by atoms with Crippen LogP contribution in [0.15, 0.2) is 54.1 Å². The number of carbonyl (C=O) groups is 2. The molecule has 2 aromatic rings. The number of likely N-dealkylation sites (tertiary alicyclic amines) is 1. The summed E-state index contributed by atoms with van der Waals surface area (Å²) >= 11 is 0. The highest BCUT2D eigenvalue weighted by molar-refractivity contribution is 6.46. The lowest BCUT2D eigenvalue weighted by Crippen LogP contribution is -2.39. The first kappa shape index (κ1) is 26.7. The van der Waals surface area contributed by atoms with Crippen LogP contribution in [0.3, 0.4) is 0 Å². The maximum Gasteiger partial charge on any atom is 0.295 e. The fourth-order valence-corrected chi connectivity index (χ4v) is 4.74. The lowest BCUT2D eigenvalue weighted by molar-refractivity contribution is -0.140. The fourth-order valence-electron chi connectivity index (χ4n) is 4.74. The second-order valence-corrected chi connectivity index (χ2v) is 9.77. The molecule has 2 aliphatic rings. The van der Waals surface area contributed by atoms with Gasteiger partial charge in [-0.3, -0.25) is 14.5 Å². The molecule has 4 rings (SSSR count). The van der Waals surface area contributed by atoms with Crippen LogP contribution in [0, 0.1) is 5.92 Å². The average molecular weight is 509 g/mol. The Labute approximate surface area is 218 Å². The predicted molar refractivity (Wildman–Crippen MR) is 141 cm³/mol. The number of amides is 1. The number of morpholine rings is 1. The SMILES string of the molecule is COc1ccccc1C1C(=C(O)c2ccc(OCC(C)C)cc2)C(=O)C(=O)N1CCCN1CCOCC1. The topological polar surface area (TPSA) is 88.5 Å². The molecule has 2 fully saturated rings. The summed E-state index contributed by atoms with van der Waals surface area (Å²) in [5, 5.41) is 11.3. The molecular formula is C29H36N2O6. The molecule has 0 spiro atoms. The number of aliphatic hydroxyl groups is 1. The van der Waals surface area contributed by atoms with Crippen molar-refractivity contribution < 1.29 is 28.9 Å². The van der Waals surface area contributed by atoms with Crippen molar-refractivity contribution in [1.82, 2.24) is 9.80 Å². The molecule has 198 valence electrons. The van der Waals surface area contributed by atoms with Gasteiger partial charge >= 0.3 is 0 Å². The van der Waals surface area contributed by atoms with Gasteiger partial charge in [-0.25, -0.2) is 0 Å². The Kier molecular flexibility index (Phi) is 8.84. The molecule has 1 N–H and O–H groups in total. The molecule has 0 saturated carbocycles. The summed E-state index contributed by atoms with van der Waals surface area (Å²) in [5.41, 5.74) is 1.17. The summed E-state index contributed by atoms with van der Waals surface area (Å²) in [7, 11) is 1.55. The van der Waals surface area contributed by atoms with Crippen LogP contribution in [0.4, 0.5) is 0 Å². The molecule has 8 heteroatoms. The van der Waals surface area contributed by atoms with E-state index >= 15 is 0 Å². The third-order valence-corrected chi connectivity index (χ3v) is 6.66. The number of methoxy groups -OCH3 is 1. The number of carbonyl (C=O) groups excluding carboxylic acids is 2. The third kappa shape index (κ3) is 6.14. The number of aliphatic hydroxyl groups excluding tert-OH is 1. The van der Waals surface area contributed by atoms with E-state index in [-0.39, 0.29) is 11.3 Å². The summed E-state index contributed by atoms with van der Waals surface area (Å²) in [5.74, 6) is 0.0933. The summed E-state index contributed by atoms with van der Waals surface area (Å²) in [6, 6.07) is 13.5. The Hall–Kier alpha value is -3.36. The van der Waals surface area contributed by atoms with Gasteiger partial charge in [0, 0.05) is 37.3 Å². The summed E-state index contributed by atoms with van der Waals surface area (Å²) in [4.78, 5) is 30.4. The van der Waals surface area contributed by atoms with Crippen molar-refractivity contribution in [2.24, 2.45) is 5.92 Å². The molecule has 0 radical (unpaired) electrons. The minimum absolute atomic E-state index is 0.0664. The Morgan fingerprint density at radius 3 is 2.43 bits per heavy atom. The number of ether oxygens (including phenoxy) is 3. The second kappa shape index (κ2) is 12.3. The van der Waals surface area contributed by atoms with E-state index in [4.69, 9.17) is 14.2 Å². The normalized spacial score (nSPS) is 20.0. The van der Waals surface area contributed by atoms with Gasteiger partial charge in [0.05, 0.1) is 38.5 Å². The summed E-state index contributed by atoms with van der Waals surface area (Å²) in [6.45, 7) is 8.99. The number of hydrogen-bond donors (Lipinski definition) is 1. The van der Waals surface area contributed by atoms with Crippen molar-refractivity contribution in [1.29, 1.82) is 0 Å². The largest absolute Gasteiger partial charge is 0.507 e. The zero-order valence-electron chi connectivity index (χ0n) is 21.8. The van der Waals surface area contributed by atoms with E-state index < -0.39 is 17.7 Å². The molecule has 2 aromatic carbocycles. The third-order valence-electron chi connectivity index (χ3n) is 6.66. The maximum absolute atomic E-state index is 13.3. The van der Waals surface area contributed by atoms with Crippen LogP contribution in [0.25, 0.3) is 5.76 Å². The van der Waals surface area contributed by atoms with Gasteiger partial charge in [0.1, 0.15) is 17.3 Å². The number of nitrogens with zero attached hydrogens (tertiary/aromatic N) is 2. The van der Waals surface area contributed by atoms with E-state index in [0.717, 1.165) is 19.6 Å². The van der Waals surface area contributed by atoms with E-state index in [9.17, 15) is 14.7 Å². The lowest BCUT2D eigenvalue weighted by atomic mass is 9.94. The van der Waals surface area contributed by atoms with Gasteiger partial charge in [-0.1, -0.05) is 32.0 Å². The summed E-state index contributed by atoms with van der Waals surface area (Å²) < 4.78 is 16.7. The van der Waals surface area contributed by atoms with Gasteiger partial charge in [0.25, 0.3) is 11.7 Å². The molecule has 8 nitrogen and oxygen atoms in total. The number of ketones is 1. The zero-order valence-corrected chi connectivity index (χ0v) is 21.8. The van der Waals surface area contributed by atoms with E-state index in [1.165, 1.54) is 0 Å². The van der Waals surface area contributed by atoms with Crippen LogP contribution in [-0.2, 0) is 14.3 Å². The van der Waals surface area contributed by atoms with Gasteiger partial charge < -0.3 is 24.2 Å². The molecule has 1 amide bonds. The minimum atomic E-state index is -0.752. The van der Waals surface area contributed by atoms with Crippen molar-refractivity contribution in [2.75, 3.05) is 53.1 Å². The van der Waals surface area contributed by atoms with Gasteiger partial charge in [-0.15, -0.1) is 0 Å². The standard InChI is InChI=1S/C29H36N2O6/c1-20(2)19-37-22-11-9-21(10-12-22)27(32)25-26(23-7-4-5-8-24(23)35-3)31(29(34)28(25)33)14-6-13-30-15-17-36-18-16-30/h4-5,7-12,20,26,32H,6,13-19H2,1-3H3. The van der Waals surface area contributed by atoms with Gasteiger partial charge in [0.15, 0.2) is 0 Å². The van der Waals surface area contributed by atoms with Crippen molar-refractivity contribution in [3.05, 3.63) is 65.2 Å². The highest BCUT2D eigenvalue weighted by Crippen LogP contribution is 2.42. The van der Waals surface area contributed by atoms with Crippen LogP contribution in [-0.4, -0.2) is 79.7 Å². The first-order chi connectivity index (χ1) is 17.9. The van der Waals surface area contributed by atoms with Gasteiger partial charge in [-0.2, -0.15) is 0 Å². The maximum atomic E-state index is 13.3. The monoisotopic (exact) mass is 508 g/mol. The Bertz CT molecular complexity index is 1120. The van der Waals surface area contributed by atoms with Crippen LogP contribution in [0.1, 0.15) is 37.4 Å². The van der Waals surface area contributed by atoms with E-state index in [1.807, 2.05) is 18.2 Å². The number of hydrogen-bond acceptors (Lipinski definition) is 7. The Morgan fingerprint density at radius 1 is 1.05 bits per heavy atom. The van der Waals surface area contributed by atoms with E-state index in [2.05, 4.69) is 18.7 Å². The molecule has 2 heterocycles. The predicted octanol–water partition coefficient (Wildman–Crippen LogP) is 3.87. The smallest absolute Gasteiger partial charge is 0.295 e. The average Bonchev–Trinajstić information content (AvgIpc) is 3.17. The zero-order chi connectivity index (χ0) is 26.4. The molecular weight excluding hydrogens is 472 g/mol. The second-order valence-electron chi connectivity index (χ2n) is 9.77. The molecule has 1 unspecified atom stereocenters. The molecule has 2 aliphatic heterocycles. The Balaban J connectivity index is 1.65. The van der Waals surface area contributed by atoms with E-state index in [0.29, 0.717) is 61.3 Å². The van der Waals surface area contributed by atoms with Crippen LogP contribution in [0.2, 0.25) is 0 Å². The van der Waals surface area contributed by atoms with Crippen molar-refractivity contribution in [3.63, 3.8) is 0 Å². The first-order valence-electron chi connectivity index (χ1n) is 12.9. The molecule has 1 atom stereocenters. The minimum Gasteiger partial charge on any atom is -0.507 e. The van der Waals surface area contributed by atoms with Crippen LogP contribution >= 0.6 is 0 Å². The molecule has 2 saturated heterocycles. The quantitative estimate of drug-likeness (QED) is 0.296. The van der Waals surface area contributed by atoms with Crippen molar-refractivity contribution in [3.8, 4) is 11.5 Å². The van der Waals surface area contributed by atoms with Crippen molar-refractivity contribution >= 4 is 17.4 Å². The fraction of sp³-hybridized carbons (Fsp3) is 0.448.